The van der Waals surface area contributed by atoms with Crippen molar-refractivity contribution in [2.45, 2.75) is 64.1 Å². The van der Waals surface area contributed by atoms with Crippen molar-refractivity contribution < 1.29 is 4.74 Å². The number of piperidine rings is 1. The second kappa shape index (κ2) is 6.59. The molecular formula is C17H30N4O. The van der Waals surface area contributed by atoms with Gasteiger partial charge in [0.1, 0.15) is 0 Å². The molecule has 0 amide bonds. The molecule has 3 heterocycles. The molecule has 1 aromatic heterocycles. The van der Waals surface area contributed by atoms with Crippen molar-refractivity contribution in [2.75, 3.05) is 20.2 Å². The van der Waals surface area contributed by atoms with E-state index in [2.05, 4.69) is 29.2 Å². The normalized spacial score (nSPS) is 25.7. The summed E-state index contributed by atoms with van der Waals surface area (Å²) in [7, 11) is 3.70. The van der Waals surface area contributed by atoms with Crippen LogP contribution < -0.4 is 10.1 Å². The number of aromatic nitrogens is 2. The summed E-state index contributed by atoms with van der Waals surface area (Å²) in [4.78, 5) is 2.67. The Hall–Kier alpha value is -1.07. The summed E-state index contributed by atoms with van der Waals surface area (Å²) in [5.74, 6) is 1.32. The van der Waals surface area contributed by atoms with Gasteiger partial charge in [-0.1, -0.05) is 20.3 Å². The number of ether oxygens (including phenoxy) is 1. The smallest absolute Gasteiger partial charge is 0.216 e. The zero-order valence-electron chi connectivity index (χ0n) is 14.4. The van der Waals surface area contributed by atoms with Crippen LogP contribution in [0, 0.1) is 0 Å². The van der Waals surface area contributed by atoms with Crippen molar-refractivity contribution >= 4 is 0 Å². The molecule has 2 saturated heterocycles. The van der Waals surface area contributed by atoms with Crippen molar-refractivity contribution in [2.24, 2.45) is 7.05 Å². The monoisotopic (exact) mass is 306 g/mol. The van der Waals surface area contributed by atoms with Crippen LogP contribution in [-0.4, -0.2) is 47.0 Å². The maximum Gasteiger partial charge on any atom is 0.216 e. The second-order valence-electron chi connectivity index (χ2n) is 7.03. The predicted molar refractivity (Wildman–Crippen MR) is 88.3 cm³/mol. The minimum atomic E-state index is 0.418. The number of aryl methyl sites for hydroxylation is 1. The van der Waals surface area contributed by atoms with Crippen molar-refractivity contribution in [1.82, 2.24) is 20.0 Å². The zero-order chi connectivity index (χ0) is 15.7. The fourth-order valence-electron chi connectivity index (χ4n) is 4.18. The van der Waals surface area contributed by atoms with Gasteiger partial charge in [0.05, 0.1) is 18.4 Å². The van der Waals surface area contributed by atoms with Crippen LogP contribution in [0.5, 0.6) is 5.88 Å². The Morgan fingerprint density at radius 2 is 2.09 bits per heavy atom. The van der Waals surface area contributed by atoms with E-state index in [-0.39, 0.29) is 0 Å². The third-order valence-electron chi connectivity index (χ3n) is 5.26. The van der Waals surface area contributed by atoms with E-state index in [1.165, 1.54) is 44.3 Å². The van der Waals surface area contributed by atoms with Crippen LogP contribution in [0.4, 0.5) is 0 Å². The van der Waals surface area contributed by atoms with Crippen LogP contribution in [0.1, 0.15) is 56.7 Å². The molecule has 0 radical (unpaired) electrons. The predicted octanol–water partition coefficient (Wildman–Crippen LogP) is 2.27. The molecule has 0 spiro atoms. The lowest BCUT2D eigenvalue weighted by molar-refractivity contribution is 0.180. The molecule has 0 bridgehead atoms. The molecular weight excluding hydrogens is 276 g/mol. The highest BCUT2D eigenvalue weighted by atomic mass is 16.5. The van der Waals surface area contributed by atoms with Crippen LogP contribution in [-0.2, 0) is 13.6 Å². The van der Waals surface area contributed by atoms with Crippen LogP contribution in [0.25, 0.3) is 0 Å². The SMILES string of the molecule is COc1c(CN[C@@H]2CCN3CCCC[C@H]23)c(C(C)C)nn1C. The van der Waals surface area contributed by atoms with Gasteiger partial charge in [0, 0.05) is 32.2 Å². The quantitative estimate of drug-likeness (QED) is 0.906. The molecule has 0 saturated carbocycles. The number of methoxy groups -OCH3 is 1. The van der Waals surface area contributed by atoms with Crippen LogP contribution in [0.15, 0.2) is 0 Å². The van der Waals surface area contributed by atoms with Gasteiger partial charge in [0.15, 0.2) is 0 Å². The topological polar surface area (TPSA) is 42.3 Å². The van der Waals surface area contributed by atoms with E-state index >= 15 is 0 Å². The molecule has 124 valence electrons. The van der Waals surface area contributed by atoms with Gasteiger partial charge in [-0.15, -0.1) is 0 Å². The Balaban J connectivity index is 1.71. The van der Waals surface area contributed by atoms with E-state index in [9.17, 15) is 0 Å². The van der Waals surface area contributed by atoms with Gasteiger partial charge in [0.2, 0.25) is 5.88 Å². The maximum absolute atomic E-state index is 5.58. The summed E-state index contributed by atoms with van der Waals surface area (Å²) < 4.78 is 7.45. The first-order valence-electron chi connectivity index (χ1n) is 8.69. The molecule has 22 heavy (non-hydrogen) atoms. The van der Waals surface area contributed by atoms with Crippen molar-refractivity contribution in [1.29, 1.82) is 0 Å². The highest BCUT2D eigenvalue weighted by molar-refractivity contribution is 5.33. The standard InChI is InChI=1S/C17H30N4O/c1-12(2)16-13(17(22-4)20(3)19-16)11-18-14-8-10-21-9-6-5-7-15(14)21/h12,14-15,18H,5-11H2,1-4H3/t14-,15-/m1/s1. The highest BCUT2D eigenvalue weighted by Crippen LogP contribution is 2.30. The lowest BCUT2D eigenvalue weighted by atomic mass is 9.98. The summed E-state index contributed by atoms with van der Waals surface area (Å²) in [5.41, 5.74) is 2.39. The highest BCUT2D eigenvalue weighted by Gasteiger charge is 2.35. The van der Waals surface area contributed by atoms with Crippen LogP contribution >= 0.6 is 0 Å². The molecule has 0 unspecified atom stereocenters. The second-order valence-corrected chi connectivity index (χ2v) is 7.03. The number of nitrogens with zero attached hydrogens (tertiary/aromatic N) is 3. The molecule has 0 aromatic carbocycles. The molecule has 3 rings (SSSR count). The van der Waals surface area contributed by atoms with E-state index in [1.807, 2.05) is 11.7 Å². The number of hydrogen-bond acceptors (Lipinski definition) is 4. The fourth-order valence-corrected chi connectivity index (χ4v) is 4.18. The van der Waals surface area contributed by atoms with Crippen LogP contribution in [0.2, 0.25) is 0 Å². The third-order valence-corrected chi connectivity index (χ3v) is 5.26. The van der Waals surface area contributed by atoms with E-state index in [4.69, 9.17) is 4.74 Å². The first-order valence-corrected chi connectivity index (χ1v) is 8.69. The molecule has 1 aromatic rings. The van der Waals surface area contributed by atoms with Gasteiger partial charge < -0.3 is 10.1 Å². The van der Waals surface area contributed by atoms with E-state index in [1.54, 1.807) is 7.11 Å². The number of fused-ring (bicyclic) bond motifs is 1. The summed E-state index contributed by atoms with van der Waals surface area (Å²) >= 11 is 0. The van der Waals surface area contributed by atoms with Gasteiger partial charge in [-0.25, -0.2) is 4.68 Å². The molecule has 2 atom stereocenters. The molecule has 5 nitrogen and oxygen atoms in total. The zero-order valence-corrected chi connectivity index (χ0v) is 14.4. The van der Waals surface area contributed by atoms with Crippen molar-refractivity contribution in [3.63, 3.8) is 0 Å². The Morgan fingerprint density at radius 1 is 1.27 bits per heavy atom. The molecule has 2 aliphatic heterocycles. The summed E-state index contributed by atoms with van der Waals surface area (Å²) in [6.07, 6.45) is 5.37. The van der Waals surface area contributed by atoms with Gasteiger partial charge in [0.25, 0.3) is 0 Å². The lowest BCUT2D eigenvalue weighted by Gasteiger charge is -2.32. The fraction of sp³-hybridized carbons (Fsp3) is 0.824. The van der Waals surface area contributed by atoms with Crippen molar-refractivity contribution in [3.8, 4) is 5.88 Å². The Kier molecular flexibility index (Phi) is 4.73. The Labute approximate surface area is 134 Å². The minimum Gasteiger partial charge on any atom is -0.481 e. The Morgan fingerprint density at radius 3 is 2.82 bits per heavy atom. The maximum atomic E-state index is 5.58. The third kappa shape index (κ3) is 2.88. The molecule has 5 heteroatoms. The number of rotatable bonds is 5. The minimum absolute atomic E-state index is 0.418. The van der Waals surface area contributed by atoms with Gasteiger partial charge in [-0.3, -0.25) is 4.90 Å². The number of hydrogen-bond donors (Lipinski definition) is 1. The van der Waals surface area contributed by atoms with Crippen LogP contribution in [0.3, 0.4) is 0 Å². The summed E-state index contributed by atoms with van der Waals surface area (Å²) in [6.45, 7) is 7.80. The van der Waals surface area contributed by atoms with E-state index in [0.717, 1.165) is 24.2 Å². The molecule has 2 fully saturated rings. The largest absolute Gasteiger partial charge is 0.481 e. The van der Waals surface area contributed by atoms with E-state index < -0.39 is 0 Å². The summed E-state index contributed by atoms with van der Waals surface area (Å²) in [6, 6.07) is 1.35. The first kappa shape index (κ1) is 15.8. The average molecular weight is 306 g/mol. The summed E-state index contributed by atoms with van der Waals surface area (Å²) in [5, 5.41) is 8.45. The average Bonchev–Trinajstić information content (AvgIpc) is 3.06. The van der Waals surface area contributed by atoms with Gasteiger partial charge in [-0.05, 0) is 31.7 Å². The number of nitrogens with one attached hydrogen (secondary N) is 1. The van der Waals surface area contributed by atoms with Gasteiger partial charge in [-0.2, -0.15) is 5.10 Å². The van der Waals surface area contributed by atoms with Crippen molar-refractivity contribution in [3.05, 3.63) is 11.3 Å². The molecule has 0 aliphatic carbocycles. The first-order chi connectivity index (χ1) is 10.6. The molecule has 1 N–H and O–H groups in total. The molecule has 2 aliphatic rings. The lowest BCUT2D eigenvalue weighted by Crippen LogP contribution is -2.44. The van der Waals surface area contributed by atoms with E-state index in [0.29, 0.717) is 12.0 Å². The Bertz CT molecular complexity index is 511. The van der Waals surface area contributed by atoms with Gasteiger partial charge >= 0.3 is 0 Å².